The van der Waals surface area contributed by atoms with Gasteiger partial charge in [-0.2, -0.15) is 0 Å². The van der Waals surface area contributed by atoms with E-state index in [1.54, 1.807) is 42.5 Å². The molecule has 0 aliphatic rings. The van der Waals surface area contributed by atoms with E-state index >= 15 is 0 Å². The summed E-state index contributed by atoms with van der Waals surface area (Å²) in [5.41, 5.74) is 3.52. The van der Waals surface area contributed by atoms with Gasteiger partial charge >= 0.3 is 5.97 Å². The molecule has 0 bridgehead atoms. The van der Waals surface area contributed by atoms with E-state index in [1.807, 2.05) is 30.3 Å². The first-order valence-electron chi connectivity index (χ1n) is 10.6. The number of carbonyl (C=O) groups is 2. The molecule has 0 aliphatic heterocycles. The first-order valence-corrected chi connectivity index (χ1v) is 10.6. The van der Waals surface area contributed by atoms with E-state index in [0.717, 1.165) is 11.1 Å². The molecule has 0 aliphatic carbocycles. The summed E-state index contributed by atoms with van der Waals surface area (Å²) in [6.45, 7) is 11.5. The highest BCUT2D eigenvalue weighted by Gasteiger charge is 2.23. The lowest BCUT2D eigenvalue weighted by molar-refractivity contribution is -0.118. The number of benzene rings is 3. The van der Waals surface area contributed by atoms with Crippen molar-refractivity contribution in [3.63, 3.8) is 0 Å². The Morgan fingerprint density at radius 2 is 1.66 bits per heavy atom. The van der Waals surface area contributed by atoms with Crippen LogP contribution in [-0.4, -0.2) is 17.0 Å². The number of hydrogen-bond acceptors (Lipinski definition) is 2. The smallest absolute Gasteiger partial charge is 0.335 e. The van der Waals surface area contributed by atoms with Gasteiger partial charge in [0.25, 0.3) is 0 Å². The average molecular weight is 427 g/mol. The van der Waals surface area contributed by atoms with Gasteiger partial charge in [0.1, 0.15) is 0 Å². The molecule has 162 valence electrons. The fourth-order valence-corrected chi connectivity index (χ4v) is 3.76. The van der Waals surface area contributed by atoms with Gasteiger partial charge in [-0.05, 0) is 41.2 Å². The molecule has 1 atom stereocenters. The lowest BCUT2D eigenvalue weighted by Crippen LogP contribution is -2.23. The number of nitrogens with one attached hydrogen (secondary N) is 1. The van der Waals surface area contributed by atoms with Crippen molar-refractivity contribution in [1.29, 1.82) is 0 Å². The standard InChI is InChI=1S/C27H26N2O3/c1-18(2)15-24(19-9-5-4-6-10-19)26(30)29-25-17-22(28-3)14-13-21(25)16-20-11-7-8-12-23(20)27(31)32/h4-14,17-18,24H,15-16H2,1-2H3,(H,29,30)(H,31,32). The number of hydrogen-bond donors (Lipinski definition) is 2. The minimum Gasteiger partial charge on any atom is -0.478 e. The summed E-state index contributed by atoms with van der Waals surface area (Å²) in [6, 6.07) is 21.6. The highest BCUT2D eigenvalue weighted by atomic mass is 16.4. The van der Waals surface area contributed by atoms with Crippen LogP contribution in [0.15, 0.2) is 72.8 Å². The third-order valence-corrected chi connectivity index (χ3v) is 5.33. The van der Waals surface area contributed by atoms with Crippen molar-refractivity contribution in [2.45, 2.75) is 32.6 Å². The number of aromatic carboxylic acids is 1. The van der Waals surface area contributed by atoms with Crippen LogP contribution in [0.25, 0.3) is 4.85 Å². The molecule has 5 heteroatoms. The SMILES string of the molecule is [C-]#[N+]c1ccc(Cc2ccccc2C(=O)O)c(NC(=O)C(CC(C)C)c2ccccc2)c1. The van der Waals surface area contributed by atoms with E-state index in [0.29, 0.717) is 35.7 Å². The molecule has 0 aromatic heterocycles. The predicted octanol–water partition coefficient (Wildman–Crippen LogP) is 6.29. The third-order valence-electron chi connectivity index (χ3n) is 5.33. The van der Waals surface area contributed by atoms with Crippen LogP contribution in [0.2, 0.25) is 0 Å². The van der Waals surface area contributed by atoms with Crippen LogP contribution in [0.5, 0.6) is 0 Å². The van der Waals surface area contributed by atoms with Gasteiger partial charge in [0.05, 0.1) is 18.1 Å². The maximum atomic E-state index is 13.3. The van der Waals surface area contributed by atoms with Crippen molar-refractivity contribution in [3.05, 3.63) is 106 Å². The molecule has 1 unspecified atom stereocenters. The highest BCUT2D eigenvalue weighted by Crippen LogP contribution is 2.30. The minimum absolute atomic E-state index is 0.139. The lowest BCUT2D eigenvalue weighted by Gasteiger charge is -2.21. The van der Waals surface area contributed by atoms with Crippen molar-refractivity contribution in [3.8, 4) is 0 Å². The number of rotatable bonds is 8. The van der Waals surface area contributed by atoms with E-state index in [9.17, 15) is 14.7 Å². The molecule has 2 N–H and O–H groups in total. The molecule has 1 amide bonds. The van der Waals surface area contributed by atoms with E-state index in [-0.39, 0.29) is 17.4 Å². The Morgan fingerprint density at radius 1 is 0.969 bits per heavy atom. The molecule has 0 saturated heterocycles. The zero-order chi connectivity index (χ0) is 23.1. The molecule has 0 saturated carbocycles. The van der Waals surface area contributed by atoms with Gasteiger partial charge in [-0.15, -0.1) is 0 Å². The third kappa shape index (κ3) is 5.61. The fourth-order valence-electron chi connectivity index (χ4n) is 3.76. The van der Waals surface area contributed by atoms with Crippen LogP contribution < -0.4 is 5.32 Å². The summed E-state index contributed by atoms with van der Waals surface area (Å²) >= 11 is 0. The van der Waals surface area contributed by atoms with Crippen molar-refractivity contribution in [2.75, 3.05) is 5.32 Å². The maximum absolute atomic E-state index is 13.3. The summed E-state index contributed by atoms with van der Waals surface area (Å²) in [5.74, 6) is -1.14. The van der Waals surface area contributed by atoms with Crippen LogP contribution >= 0.6 is 0 Å². The zero-order valence-corrected chi connectivity index (χ0v) is 18.2. The first kappa shape index (κ1) is 22.8. The number of anilines is 1. The number of carboxylic acid groups (broad SMARTS) is 1. The monoisotopic (exact) mass is 426 g/mol. The van der Waals surface area contributed by atoms with Gasteiger partial charge in [-0.25, -0.2) is 9.64 Å². The van der Waals surface area contributed by atoms with Gasteiger partial charge in [0.15, 0.2) is 5.69 Å². The molecule has 0 fully saturated rings. The number of carboxylic acids is 1. The van der Waals surface area contributed by atoms with Gasteiger partial charge in [-0.3, -0.25) is 4.79 Å². The quantitative estimate of drug-likeness (QED) is 0.416. The Morgan fingerprint density at radius 3 is 2.31 bits per heavy atom. The van der Waals surface area contributed by atoms with Crippen molar-refractivity contribution in [2.24, 2.45) is 5.92 Å². The van der Waals surface area contributed by atoms with Crippen molar-refractivity contribution in [1.82, 2.24) is 0 Å². The molecule has 0 heterocycles. The summed E-state index contributed by atoms with van der Waals surface area (Å²) in [4.78, 5) is 28.4. The minimum atomic E-state index is -0.995. The Labute approximate surface area is 188 Å². The zero-order valence-electron chi connectivity index (χ0n) is 18.2. The number of carbonyl (C=O) groups excluding carboxylic acids is 1. The van der Waals surface area contributed by atoms with Gasteiger partial charge in [-0.1, -0.05) is 74.5 Å². The molecule has 5 nitrogen and oxygen atoms in total. The van der Waals surface area contributed by atoms with E-state index in [1.165, 1.54) is 0 Å². The van der Waals surface area contributed by atoms with Crippen LogP contribution in [0.3, 0.4) is 0 Å². The summed E-state index contributed by atoms with van der Waals surface area (Å²) in [6.07, 6.45) is 1.02. The lowest BCUT2D eigenvalue weighted by atomic mass is 9.89. The van der Waals surface area contributed by atoms with Crippen LogP contribution in [-0.2, 0) is 11.2 Å². The van der Waals surface area contributed by atoms with Crippen LogP contribution in [0, 0.1) is 12.5 Å². The van der Waals surface area contributed by atoms with Crippen molar-refractivity contribution < 1.29 is 14.7 Å². The van der Waals surface area contributed by atoms with E-state index < -0.39 is 5.97 Å². The average Bonchev–Trinajstić information content (AvgIpc) is 2.79. The van der Waals surface area contributed by atoms with Crippen LogP contribution in [0.4, 0.5) is 11.4 Å². The second kappa shape index (κ2) is 10.4. The Bertz CT molecular complexity index is 1150. The number of amides is 1. The second-order valence-corrected chi connectivity index (χ2v) is 8.17. The first-order chi connectivity index (χ1) is 15.4. The Hall–Kier alpha value is -3.91. The van der Waals surface area contributed by atoms with E-state index in [4.69, 9.17) is 6.57 Å². The summed E-state index contributed by atoms with van der Waals surface area (Å²) < 4.78 is 0. The Balaban J connectivity index is 1.95. The molecule has 3 aromatic carbocycles. The predicted molar refractivity (Wildman–Crippen MR) is 126 cm³/mol. The molecular formula is C27H26N2O3. The maximum Gasteiger partial charge on any atom is 0.335 e. The summed E-state index contributed by atoms with van der Waals surface area (Å²) in [5, 5.41) is 12.5. The largest absolute Gasteiger partial charge is 0.478 e. The normalized spacial score (nSPS) is 11.6. The van der Waals surface area contributed by atoms with Gasteiger partial charge in [0.2, 0.25) is 5.91 Å². The Kier molecular flexibility index (Phi) is 7.41. The number of nitrogens with zero attached hydrogens (tertiary/aromatic N) is 1. The molecule has 3 aromatic rings. The molecular weight excluding hydrogens is 400 g/mol. The molecule has 32 heavy (non-hydrogen) atoms. The molecule has 3 rings (SSSR count). The second-order valence-electron chi connectivity index (χ2n) is 8.17. The molecule has 0 radical (unpaired) electrons. The summed E-state index contributed by atoms with van der Waals surface area (Å²) in [7, 11) is 0. The van der Waals surface area contributed by atoms with Crippen LogP contribution in [0.1, 0.15) is 53.2 Å². The van der Waals surface area contributed by atoms with Crippen molar-refractivity contribution >= 4 is 23.3 Å². The molecule has 0 spiro atoms. The topological polar surface area (TPSA) is 70.8 Å². The van der Waals surface area contributed by atoms with Gasteiger partial charge < -0.3 is 10.4 Å². The highest BCUT2D eigenvalue weighted by molar-refractivity contribution is 5.97. The fraction of sp³-hybridized carbons (Fsp3) is 0.222. The van der Waals surface area contributed by atoms with E-state index in [2.05, 4.69) is 24.0 Å². The van der Waals surface area contributed by atoms with Gasteiger partial charge in [0, 0.05) is 12.1 Å².